The summed E-state index contributed by atoms with van der Waals surface area (Å²) in [6.07, 6.45) is 1.41. The number of anilines is 1. The lowest BCUT2D eigenvalue weighted by atomic mass is 10.2. The van der Waals surface area contributed by atoms with E-state index in [-0.39, 0.29) is 18.8 Å². The smallest absolute Gasteiger partial charge is 0.253 e. The van der Waals surface area contributed by atoms with Crippen LogP contribution in [0.15, 0.2) is 18.2 Å². The summed E-state index contributed by atoms with van der Waals surface area (Å²) in [4.78, 5) is 11.8. The van der Waals surface area contributed by atoms with E-state index in [0.717, 1.165) is 12.8 Å². The fourth-order valence-electron chi connectivity index (χ4n) is 1.98. The molecular weight excluding hydrogens is 222 g/mol. The van der Waals surface area contributed by atoms with Crippen LogP contribution in [0.2, 0.25) is 0 Å². The second-order valence-corrected chi connectivity index (χ2v) is 4.06. The highest BCUT2D eigenvalue weighted by atomic mass is 16.7. The van der Waals surface area contributed by atoms with Crippen LogP contribution < -0.4 is 14.8 Å². The molecule has 1 aromatic rings. The third-order valence-corrected chi connectivity index (χ3v) is 2.86. The number of hydrogen-bond acceptors (Lipinski definition) is 4. The molecule has 1 saturated heterocycles. The van der Waals surface area contributed by atoms with Crippen molar-refractivity contribution in [2.75, 3.05) is 18.7 Å². The molecule has 2 aliphatic heterocycles. The normalized spacial score (nSPS) is 21.5. The van der Waals surface area contributed by atoms with Crippen molar-refractivity contribution in [3.63, 3.8) is 0 Å². The summed E-state index contributed by atoms with van der Waals surface area (Å²) in [6.45, 7) is 0.900. The molecule has 3 rings (SSSR count). The summed E-state index contributed by atoms with van der Waals surface area (Å²) in [5.41, 5.74) is 0.703. The first-order chi connectivity index (χ1) is 8.33. The van der Waals surface area contributed by atoms with Gasteiger partial charge in [0.1, 0.15) is 6.10 Å². The van der Waals surface area contributed by atoms with Crippen molar-refractivity contribution in [2.45, 2.75) is 18.9 Å². The van der Waals surface area contributed by atoms with Crippen molar-refractivity contribution in [1.82, 2.24) is 0 Å². The number of ether oxygens (including phenoxy) is 3. The number of carbonyl (C=O) groups is 1. The molecule has 0 aromatic heterocycles. The van der Waals surface area contributed by atoms with Crippen LogP contribution in [0.1, 0.15) is 12.8 Å². The second-order valence-electron chi connectivity index (χ2n) is 4.06. The van der Waals surface area contributed by atoms with Crippen LogP contribution in [0.3, 0.4) is 0 Å². The van der Waals surface area contributed by atoms with Crippen molar-refractivity contribution in [2.24, 2.45) is 0 Å². The largest absolute Gasteiger partial charge is 0.454 e. The summed E-state index contributed by atoms with van der Waals surface area (Å²) in [6, 6.07) is 5.34. The third kappa shape index (κ3) is 2.06. The molecule has 17 heavy (non-hydrogen) atoms. The molecule has 0 bridgehead atoms. The highest BCUT2D eigenvalue weighted by Gasteiger charge is 2.24. The van der Waals surface area contributed by atoms with E-state index in [0.29, 0.717) is 23.8 Å². The van der Waals surface area contributed by atoms with Crippen LogP contribution in [-0.4, -0.2) is 25.4 Å². The molecule has 2 aliphatic rings. The van der Waals surface area contributed by atoms with E-state index in [1.165, 1.54) is 0 Å². The molecule has 5 nitrogen and oxygen atoms in total. The molecule has 1 aromatic carbocycles. The summed E-state index contributed by atoms with van der Waals surface area (Å²) in [5, 5.41) is 2.81. The minimum absolute atomic E-state index is 0.0960. The molecule has 1 fully saturated rings. The topological polar surface area (TPSA) is 56.8 Å². The molecule has 1 N–H and O–H groups in total. The first kappa shape index (κ1) is 10.4. The van der Waals surface area contributed by atoms with Crippen LogP contribution in [0.4, 0.5) is 5.69 Å². The number of amides is 1. The second kappa shape index (κ2) is 4.25. The molecule has 0 radical (unpaired) electrons. The zero-order valence-corrected chi connectivity index (χ0v) is 9.27. The maximum Gasteiger partial charge on any atom is 0.253 e. The van der Waals surface area contributed by atoms with E-state index in [1.54, 1.807) is 18.2 Å². The van der Waals surface area contributed by atoms with Crippen LogP contribution >= 0.6 is 0 Å². The van der Waals surface area contributed by atoms with Gasteiger partial charge in [-0.15, -0.1) is 0 Å². The van der Waals surface area contributed by atoms with E-state index < -0.39 is 0 Å². The average Bonchev–Trinajstić information content (AvgIpc) is 2.99. The zero-order chi connectivity index (χ0) is 11.7. The van der Waals surface area contributed by atoms with Gasteiger partial charge in [0.2, 0.25) is 6.79 Å². The van der Waals surface area contributed by atoms with Gasteiger partial charge in [0.15, 0.2) is 11.5 Å². The Morgan fingerprint density at radius 1 is 1.29 bits per heavy atom. The number of hydrogen-bond donors (Lipinski definition) is 1. The Morgan fingerprint density at radius 2 is 2.18 bits per heavy atom. The third-order valence-electron chi connectivity index (χ3n) is 2.86. The van der Waals surface area contributed by atoms with Gasteiger partial charge in [0.25, 0.3) is 5.91 Å². The number of carbonyl (C=O) groups excluding carboxylic acids is 1. The van der Waals surface area contributed by atoms with E-state index in [1.807, 2.05) is 0 Å². The van der Waals surface area contributed by atoms with Gasteiger partial charge in [-0.1, -0.05) is 0 Å². The first-order valence-corrected chi connectivity index (χ1v) is 5.65. The minimum Gasteiger partial charge on any atom is -0.454 e. The van der Waals surface area contributed by atoms with Gasteiger partial charge in [-0.05, 0) is 25.0 Å². The maximum absolute atomic E-state index is 11.8. The fourth-order valence-corrected chi connectivity index (χ4v) is 1.98. The Bertz CT molecular complexity index is 440. The van der Waals surface area contributed by atoms with Crippen LogP contribution in [0, 0.1) is 0 Å². The SMILES string of the molecule is O=C(Nc1ccc2c(c1)OCO2)[C@@H]1CCCO1. The predicted octanol–water partition coefficient (Wildman–Crippen LogP) is 1.53. The highest BCUT2D eigenvalue weighted by molar-refractivity contribution is 5.94. The number of rotatable bonds is 2. The van der Waals surface area contributed by atoms with E-state index in [2.05, 4.69) is 5.32 Å². The quantitative estimate of drug-likeness (QED) is 0.844. The summed E-state index contributed by atoms with van der Waals surface area (Å²) >= 11 is 0. The van der Waals surface area contributed by atoms with Crippen molar-refractivity contribution < 1.29 is 19.0 Å². The molecule has 5 heteroatoms. The van der Waals surface area contributed by atoms with Crippen molar-refractivity contribution in [1.29, 1.82) is 0 Å². The minimum atomic E-state index is -0.319. The Morgan fingerprint density at radius 3 is 3.00 bits per heavy atom. The van der Waals surface area contributed by atoms with Crippen LogP contribution in [0.25, 0.3) is 0 Å². The summed E-state index contributed by atoms with van der Waals surface area (Å²) in [5.74, 6) is 1.27. The van der Waals surface area contributed by atoms with Crippen molar-refractivity contribution in [3.05, 3.63) is 18.2 Å². The fraction of sp³-hybridized carbons (Fsp3) is 0.417. The number of nitrogens with one attached hydrogen (secondary N) is 1. The average molecular weight is 235 g/mol. The Hall–Kier alpha value is -1.75. The monoisotopic (exact) mass is 235 g/mol. The lowest BCUT2D eigenvalue weighted by molar-refractivity contribution is -0.124. The van der Waals surface area contributed by atoms with Gasteiger partial charge in [-0.25, -0.2) is 0 Å². The van der Waals surface area contributed by atoms with E-state index in [4.69, 9.17) is 14.2 Å². The molecule has 1 amide bonds. The van der Waals surface area contributed by atoms with Gasteiger partial charge < -0.3 is 19.5 Å². The van der Waals surface area contributed by atoms with Crippen molar-refractivity contribution in [3.8, 4) is 11.5 Å². The number of fused-ring (bicyclic) bond motifs is 1. The van der Waals surface area contributed by atoms with E-state index in [9.17, 15) is 4.79 Å². The molecule has 2 heterocycles. The van der Waals surface area contributed by atoms with Crippen molar-refractivity contribution >= 4 is 11.6 Å². The Balaban J connectivity index is 1.70. The zero-order valence-electron chi connectivity index (χ0n) is 9.27. The number of benzene rings is 1. The molecule has 0 unspecified atom stereocenters. The van der Waals surface area contributed by atoms with Gasteiger partial charge >= 0.3 is 0 Å². The Kier molecular flexibility index (Phi) is 2.60. The highest BCUT2D eigenvalue weighted by Crippen LogP contribution is 2.34. The lowest BCUT2D eigenvalue weighted by Gasteiger charge is -2.10. The summed E-state index contributed by atoms with van der Waals surface area (Å²) < 4.78 is 15.8. The van der Waals surface area contributed by atoms with Crippen LogP contribution in [-0.2, 0) is 9.53 Å². The molecule has 0 aliphatic carbocycles. The standard InChI is InChI=1S/C12H13NO4/c14-12(10-2-1-5-15-10)13-8-3-4-9-11(6-8)17-7-16-9/h3-4,6,10H,1-2,5,7H2,(H,13,14)/t10-/m0/s1. The Labute approximate surface area is 98.7 Å². The van der Waals surface area contributed by atoms with Crippen LogP contribution in [0.5, 0.6) is 11.5 Å². The first-order valence-electron chi connectivity index (χ1n) is 5.65. The van der Waals surface area contributed by atoms with Gasteiger partial charge in [0.05, 0.1) is 0 Å². The van der Waals surface area contributed by atoms with Gasteiger partial charge in [-0.3, -0.25) is 4.79 Å². The van der Waals surface area contributed by atoms with Gasteiger partial charge in [-0.2, -0.15) is 0 Å². The molecule has 0 saturated carbocycles. The predicted molar refractivity (Wildman–Crippen MR) is 60.2 cm³/mol. The van der Waals surface area contributed by atoms with E-state index >= 15 is 0 Å². The lowest BCUT2D eigenvalue weighted by Crippen LogP contribution is -2.26. The van der Waals surface area contributed by atoms with Gasteiger partial charge in [0, 0.05) is 18.4 Å². The molecule has 1 atom stereocenters. The molecular formula is C12H13NO4. The molecule has 90 valence electrons. The molecule has 0 spiro atoms. The summed E-state index contributed by atoms with van der Waals surface area (Å²) in [7, 11) is 0. The maximum atomic E-state index is 11.8.